The van der Waals surface area contributed by atoms with Crippen LogP contribution in [0.1, 0.15) is 43.6 Å². The van der Waals surface area contributed by atoms with Gasteiger partial charge in [0.1, 0.15) is 0 Å². The third kappa shape index (κ3) is 2.53. The maximum atomic E-state index is 11.6. The van der Waals surface area contributed by atoms with Crippen LogP contribution in [0.3, 0.4) is 0 Å². The average Bonchev–Trinajstić information content (AvgIpc) is 2.10. The van der Waals surface area contributed by atoms with Gasteiger partial charge < -0.3 is 0 Å². The second-order valence-corrected chi connectivity index (χ2v) is 5.88. The number of hydrogen-bond acceptors (Lipinski definition) is 1. The lowest BCUT2D eigenvalue weighted by Crippen LogP contribution is -2.17. The van der Waals surface area contributed by atoms with E-state index in [0.29, 0.717) is 20.6 Å². The van der Waals surface area contributed by atoms with Crippen LogP contribution in [0.4, 0.5) is 0 Å². The van der Waals surface area contributed by atoms with Crippen LogP contribution in [0.25, 0.3) is 0 Å². The molecule has 88 valence electrons. The third-order valence-corrected chi connectivity index (χ3v) is 3.55. The van der Waals surface area contributed by atoms with Gasteiger partial charge in [-0.25, -0.2) is 0 Å². The molecule has 0 N–H and O–H groups in total. The molecule has 16 heavy (non-hydrogen) atoms. The van der Waals surface area contributed by atoms with Crippen molar-refractivity contribution in [3.8, 4) is 0 Å². The summed E-state index contributed by atoms with van der Waals surface area (Å²) in [6.45, 7) is 7.42. The van der Waals surface area contributed by atoms with E-state index >= 15 is 0 Å². The molecule has 1 aromatic rings. The SMILES string of the molecule is CC(=O)c1cc(Cl)c(Cl)c(Cl)c1C(C)(C)C. The van der Waals surface area contributed by atoms with Crippen LogP contribution in [-0.2, 0) is 5.41 Å². The van der Waals surface area contributed by atoms with Gasteiger partial charge in [-0.15, -0.1) is 0 Å². The molecule has 1 rings (SSSR count). The molecule has 1 aromatic carbocycles. The summed E-state index contributed by atoms with van der Waals surface area (Å²) in [5, 5.41) is 0.981. The van der Waals surface area contributed by atoms with Crippen molar-refractivity contribution in [3.05, 3.63) is 32.3 Å². The second kappa shape index (κ2) is 4.56. The molecule has 0 aromatic heterocycles. The highest BCUT2D eigenvalue weighted by molar-refractivity contribution is 6.48. The number of halogens is 3. The Labute approximate surface area is 111 Å². The number of carbonyl (C=O) groups is 1. The quantitative estimate of drug-likeness (QED) is 0.513. The predicted molar refractivity (Wildman–Crippen MR) is 70.2 cm³/mol. The third-order valence-electron chi connectivity index (χ3n) is 2.29. The minimum absolute atomic E-state index is 0.0645. The van der Waals surface area contributed by atoms with Gasteiger partial charge in [0.15, 0.2) is 5.78 Å². The van der Waals surface area contributed by atoms with E-state index in [-0.39, 0.29) is 11.2 Å². The zero-order valence-electron chi connectivity index (χ0n) is 9.62. The number of rotatable bonds is 1. The molecular weight excluding hydrogens is 266 g/mol. The van der Waals surface area contributed by atoms with E-state index in [1.54, 1.807) is 6.07 Å². The lowest BCUT2D eigenvalue weighted by atomic mass is 9.82. The standard InChI is InChI=1S/C12H13Cl3O/c1-6(16)7-5-8(13)10(14)11(15)9(7)12(2,3)4/h5H,1-4H3. The average molecular weight is 280 g/mol. The molecule has 0 saturated carbocycles. The topological polar surface area (TPSA) is 17.1 Å². The Morgan fingerprint density at radius 3 is 2.00 bits per heavy atom. The summed E-state index contributed by atoms with van der Waals surface area (Å²) in [4.78, 5) is 11.6. The normalized spacial score (nSPS) is 11.7. The van der Waals surface area contributed by atoms with Crippen LogP contribution in [0, 0.1) is 0 Å². The Balaban J connectivity index is 3.68. The number of benzene rings is 1. The maximum Gasteiger partial charge on any atom is 0.160 e. The van der Waals surface area contributed by atoms with Gasteiger partial charge in [-0.2, -0.15) is 0 Å². The monoisotopic (exact) mass is 278 g/mol. The first-order valence-electron chi connectivity index (χ1n) is 4.85. The fraction of sp³-hybridized carbons (Fsp3) is 0.417. The fourth-order valence-electron chi connectivity index (χ4n) is 1.61. The van der Waals surface area contributed by atoms with E-state index in [9.17, 15) is 4.79 Å². The molecule has 0 amide bonds. The molecule has 0 unspecified atom stereocenters. The maximum absolute atomic E-state index is 11.6. The fourth-order valence-corrected chi connectivity index (χ4v) is 2.49. The molecule has 0 spiro atoms. The summed E-state index contributed by atoms with van der Waals surface area (Å²) in [6, 6.07) is 1.58. The first kappa shape index (κ1) is 13.8. The Morgan fingerprint density at radius 1 is 1.12 bits per heavy atom. The second-order valence-electron chi connectivity index (χ2n) is 4.72. The first-order chi connectivity index (χ1) is 7.16. The zero-order chi connectivity index (χ0) is 12.7. The van der Waals surface area contributed by atoms with Crippen molar-refractivity contribution in [2.45, 2.75) is 33.1 Å². The van der Waals surface area contributed by atoms with Crippen LogP contribution in [0.2, 0.25) is 15.1 Å². The number of Topliss-reactive ketones (excluding diaryl/α,β-unsaturated/α-hetero) is 1. The van der Waals surface area contributed by atoms with Crippen molar-refractivity contribution >= 4 is 40.6 Å². The Hall–Kier alpha value is -0.240. The molecule has 4 heteroatoms. The molecule has 0 saturated heterocycles. The number of hydrogen-bond donors (Lipinski definition) is 0. The molecule has 0 fully saturated rings. The molecule has 0 heterocycles. The highest BCUT2D eigenvalue weighted by Gasteiger charge is 2.26. The molecule has 0 atom stereocenters. The molecule has 0 aliphatic rings. The smallest absolute Gasteiger partial charge is 0.160 e. The van der Waals surface area contributed by atoms with Gasteiger partial charge in [0.25, 0.3) is 0 Å². The lowest BCUT2D eigenvalue weighted by molar-refractivity contribution is 0.101. The van der Waals surface area contributed by atoms with E-state index in [2.05, 4.69) is 0 Å². The largest absolute Gasteiger partial charge is 0.294 e. The van der Waals surface area contributed by atoms with E-state index in [1.807, 2.05) is 20.8 Å². The van der Waals surface area contributed by atoms with E-state index in [1.165, 1.54) is 6.92 Å². The molecule has 0 aliphatic carbocycles. The number of carbonyl (C=O) groups excluding carboxylic acids is 1. The Morgan fingerprint density at radius 2 is 1.62 bits per heavy atom. The van der Waals surface area contributed by atoms with E-state index < -0.39 is 0 Å². The predicted octanol–water partition coefficient (Wildman–Crippen LogP) is 5.15. The first-order valence-corrected chi connectivity index (χ1v) is 5.98. The van der Waals surface area contributed by atoms with Gasteiger partial charge in [0.05, 0.1) is 15.1 Å². The molecular formula is C12H13Cl3O. The van der Waals surface area contributed by atoms with Gasteiger partial charge >= 0.3 is 0 Å². The van der Waals surface area contributed by atoms with E-state index in [0.717, 1.165) is 5.56 Å². The van der Waals surface area contributed by atoms with Crippen molar-refractivity contribution in [1.82, 2.24) is 0 Å². The summed E-state index contributed by atoms with van der Waals surface area (Å²) in [5.74, 6) is -0.0645. The highest BCUT2D eigenvalue weighted by atomic mass is 35.5. The van der Waals surface area contributed by atoms with Crippen LogP contribution < -0.4 is 0 Å². The van der Waals surface area contributed by atoms with E-state index in [4.69, 9.17) is 34.8 Å². The minimum Gasteiger partial charge on any atom is -0.294 e. The number of ketones is 1. The van der Waals surface area contributed by atoms with Crippen molar-refractivity contribution in [2.24, 2.45) is 0 Å². The summed E-state index contributed by atoms with van der Waals surface area (Å²) in [7, 11) is 0. The van der Waals surface area contributed by atoms with Crippen LogP contribution in [-0.4, -0.2) is 5.78 Å². The summed E-state index contributed by atoms with van der Waals surface area (Å²) in [6.07, 6.45) is 0. The highest BCUT2D eigenvalue weighted by Crippen LogP contribution is 2.41. The summed E-state index contributed by atoms with van der Waals surface area (Å²) >= 11 is 18.1. The summed E-state index contributed by atoms with van der Waals surface area (Å²) < 4.78 is 0. The van der Waals surface area contributed by atoms with Crippen LogP contribution >= 0.6 is 34.8 Å². The van der Waals surface area contributed by atoms with Crippen LogP contribution in [0.5, 0.6) is 0 Å². The molecule has 0 bridgehead atoms. The Bertz CT molecular complexity index is 445. The van der Waals surface area contributed by atoms with Crippen molar-refractivity contribution in [1.29, 1.82) is 0 Å². The van der Waals surface area contributed by atoms with Crippen molar-refractivity contribution < 1.29 is 4.79 Å². The van der Waals surface area contributed by atoms with Gasteiger partial charge in [-0.3, -0.25) is 4.79 Å². The van der Waals surface area contributed by atoms with Gasteiger partial charge in [0, 0.05) is 5.56 Å². The minimum atomic E-state index is -0.258. The summed E-state index contributed by atoms with van der Waals surface area (Å²) in [5.41, 5.74) is 1.02. The van der Waals surface area contributed by atoms with Crippen molar-refractivity contribution in [2.75, 3.05) is 0 Å². The van der Waals surface area contributed by atoms with Crippen molar-refractivity contribution in [3.63, 3.8) is 0 Å². The van der Waals surface area contributed by atoms with Crippen LogP contribution in [0.15, 0.2) is 6.07 Å². The Kier molecular flexibility index (Phi) is 3.94. The lowest BCUT2D eigenvalue weighted by Gasteiger charge is -2.24. The molecule has 0 aliphatic heterocycles. The van der Waals surface area contributed by atoms with Gasteiger partial charge in [-0.05, 0) is 24.0 Å². The van der Waals surface area contributed by atoms with Gasteiger partial charge in [-0.1, -0.05) is 55.6 Å². The zero-order valence-corrected chi connectivity index (χ0v) is 11.9. The molecule has 0 radical (unpaired) electrons. The van der Waals surface area contributed by atoms with Gasteiger partial charge in [0.2, 0.25) is 0 Å². The molecule has 1 nitrogen and oxygen atoms in total.